The number of H-pyrrole nitrogens is 1. The molecule has 5 rings (SSSR count). The smallest absolute Gasteiger partial charge is 0.120 e. The number of ether oxygens (including phenoxy) is 2. The number of rotatable bonds is 11. The van der Waals surface area contributed by atoms with E-state index in [-0.39, 0.29) is 24.5 Å². The number of aromatic amines is 1. The van der Waals surface area contributed by atoms with E-state index in [2.05, 4.69) is 52.1 Å². The molecule has 9 heteroatoms. The van der Waals surface area contributed by atoms with E-state index in [1.165, 1.54) is 16.7 Å². The first kappa shape index (κ1) is 29.3. The number of likely N-dealkylation sites (tertiary alicyclic amines) is 1. The highest BCUT2D eigenvalue weighted by Crippen LogP contribution is 2.41. The van der Waals surface area contributed by atoms with Crippen LogP contribution in [0.5, 0.6) is 0 Å². The van der Waals surface area contributed by atoms with Crippen LogP contribution in [0.15, 0.2) is 42.5 Å². The summed E-state index contributed by atoms with van der Waals surface area (Å²) in [6, 6.07) is 6.78. The minimum atomic E-state index is -0.753. The molecule has 1 aromatic heterocycles. The van der Waals surface area contributed by atoms with Crippen LogP contribution >= 0.6 is 0 Å². The van der Waals surface area contributed by atoms with Crippen LogP contribution < -0.4 is 5.32 Å². The van der Waals surface area contributed by atoms with Crippen LogP contribution in [0, 0.1) is 28.6 Å². The first-order valence-corrected chi connectivity index (χ1v) is 14.9. The van der Waals surface area contributed by atoms with Crippen molar-refractivity contribution in [3.8, 4) is 12.1 Å². The number of fused-ring (bicyclic) bond motifs is 1. The quantitative estimate of drug-likeness (QED) is 0.348. The minimum Gasteiger partial charge on any atom is -0.379 e. The van der Waals surface area contributed by atoms with Gasteiger partial charge in [0, 0.05) is 44.0 Å². The Balaban J connectivity index is 1.23. The fraction of sp³-hybridized carbons (Fsp3) is 0.562. The molecule has 9 nitrogen and oxygen atoms in total. The molecule has 0 saturated carbocycles. The summed E-state index contributed by atoms with van der Waals surface area (Å²) >= 11 is 0. The molecular formula is C32H42N6O3. The van der Waals surface area contributed by atoms with Crippen LogP contribution in [0.4, 0.5) is 5.82 Å². The Morgan fingerprint density at radius 1 is 1.27 bits per heavy atom. The van der Waals surface area contributed by atoms with Crippen molar-refractivity contribution in [3.05, 3.63) is 53.8 Å². The van der Waals surface area contributed by atoms with Gasteiger partial charge in [0.2, 0.25) is 0 Å². The van der Waals surface area contributed by atoms with E-state index in [4.69, 9.17) is 14.7 Å². The molecule has 0 aromatic carbocycles. The van der Waals surface area contributed by atoms with Gasteiger partial charge in [-0.3, -0.25) is 9.80 Å². The summed E-state index contributed by atoms with van der Waals surface area (Å²) < 4.78 is 11.9. The third-order valence-electron chi connectivity index (χ3n) is 8.62. The fourth-order valence-electron chi connectivity index (χ4n) is 6.38. The monoisotopic (exact) mass is 558 g/mol. The molecular weight excluding hydrogens is 516 g/mol. The number of hydrogen-bond donors (Lipinski definition) is 3. The molecule has 1 aromatic rings. The van der Waals surface area contributed by atoms with E-state index in [0.29, 0.717) is 25.9 Å². The Morgan fingerprint density at radius 2 is 2.12 bits per heavy atom. The van der Waals surface area contributed by atoms with Gasteiger partial charge in [-0.05, 0) is 61.4 Å². The lowest BCUT2D eigenvalue weighted by molar-refractivity contribution is -0.0402. The lowest BCUT2D eigenvalue weighted by Crippen LogP contribution is -2.36. The summed E-state index contributed by atoms with van der Waals surface area (Å²) in [5.74, 6) is 0.789. The Bertz CT molecular complexity index is 1240. The summed E-state index contributed by atoms with van der Waals surface area (Å²) in [6.45, 7) is 10.7. The Kier molecular flexibility index (Phi) is 10.1. The number of nitriles is 2. The predicted molar refractivity (Wildman–Crippen MR) is 159 cm³/mol. The largest absolute Gasteiger partial charge is 0.379 e. The molecule has 0 amide bonds. The molecule has 4 heterocycles. The zero-order valence-electron chi connectivity index (χ0n) is 23.9. The maximum Gasteiger partial charge on any atom is 0.120 e. The van der Waals surface area contributed by atoms with Gasteiger partial charge in [-0.1, -0.05) is 30.9 Å². The predicted octanol–water partition coefficient (Wildman–Crippen LogP) is 4.06. The highest BCUT2D eigenvalue weighted by Gasteiger charge is 2.35. The number of allylic oxidation sites excluding steroid dienone is 5. The van der Waals surface area contributed by atoms with Crippen LogP contribution in [-0.2, 0) is 9.47 Å². The van der Waals surface area contributed by atoms with Crippen molar-refractivity contribution in [1.82, 2.24) is 14.8 Å². The van der Waals surface area contributed by atoms with Crippen LogP contribution in [0.25, 0.3) is 11.1 Å². The zero-order valence-corrected chi connectivity index (χ0v) is 23.9. The number of nitrogens with one attached hydrogen (secondary N) is 2. The molecule has 1 unspecified atom stereocenters. The zero-order chi connectivity index (χ0) is 28.6. The summed E-state index contributed by atoms with van der Waals surface area (Å²) in [6.07, 6.45) is 11.8. The molecule has 3 N–H and O–H groups in total. The molecule has 3 aliphatic heterocycles. The van der Waals surface area contributed by atoms with Crippen molar-refractivity contribution < 1.29 is 14.6 Å². The summed E-state index contributed by atoms with van der Waals surface area (Å²) in [7, 11) is 0. The normalized spacial score (nSPS) is 26.2. The second kappa shape index (κ2) is 14.1. The minimum absolute atomic E-state index is 0.0330. The summed E-state index contributed by atoms with van der Waals surface area (Å²) in [4.78, 5) is 7.98. The maximum atomic E-state index is 10.2. The number of hydrogen-bond acceptors (Lipinski definition) is 8. The molecule has 1 aliphatic carbocycles. The van der Waals surface area contributed by atoms with E-state index in [1.807, 2.05) is 17.0 Å². The average molecular weight is 559 g/mol. The van der Waals surface area contributed by atoms with E-state index in [1.54, 1.807) is 0 Å². The van der Waals surface area contributed by atoms with Crippen molar-refractivity contribution in [3.63, 3.8) is 0 Å². The van der Waals surface area contributed by atoms with Gasteiger partial charge in [-0.2, -0.15) is 10.5 Å². The van der Waals surface area contributed by atoms with Crippen LogP contribution in [0.1, 0.15) is 49.8 Å². The number of anilines is 1. The van der Waals surface area contributed by atoms with Crippen molar-refractivity contribution in [2.75, 3.05) is 57.8 Å². The summed E-state index contributed by atoms with van der Waals surface area (Å²) in [5.41, 5.74) is 5.89. The van der Waals surface area contributed by atoms with Gasteiger partial charge >= 0.3 is 0 Å². The van der Waals surface area contributed by atoms with Crippen molar-refractivity contribution in [2.24, 2.45) is 5.92 Å². The summed E-state index contributed by atoms with van der Waals surface area (Å²) in [5, 5.41) is 32.6. The second-order valence-corrected chi connectivity index (χ2v) is 11.3. The van der Waals surface area contributed by atoms with Gasteiger partial charge in [0.15, 0.2) is 0 Å². The molecule has 2 fully saturated rings. The molecule has 0 bridgehead atoms. The topological polar surface area (TPSA) is 121 Å². The van der Waals surface area contributed by atoms with E-state index in [0.717, 1.165) is 75.7 Å². The Hall–Kier alpha value is -3.18. The fourth-order valence-corrected chi connectivity index (χ4v) is 6.38. The van der Waals surface area contributed by atoms with E-state index >= 15 is 0 Å². The average Bonchev–Trinajstić information content (AvgIpc) is 3.65. The highest BCUT2D eigenvalue weighted by molar-refractivity contribution is 5.89. The standard InChI is InChI=1S/C32H42N6O3/c1-2-4-23(5-3-13-37-15-17-40-18-16-37)29-20-28-27(9-12-35-32(28)36-29)24-6-7-30(25(19-24)21-34)41-26-10-14-38(22-26)31(39)8-11-33/h2,4,6,9,20,25-26,30-31,35-36,39H,1,3,5,7-8,10,12-19,22H2/b23-4+/t25?,26-,30-,31-/m0/s1. The number of nitrogens with zero attached hydrogens (tertiary/aromatic N) is 4. The molecule has 218 valence electrons. The third kappa shape index (κ3) is 7.19. The molecule has 4 aliphatic rings. The number of aliphatic hydroxyl groups is 1. The Labute approximate surface area is 243 Å². The molecule has 41 heavy (non-hydrogen) atoms. The van der Waals surface area contributed by atoms with Crippen LogP contribution in [0.3, 0.4) is 0 Å². The first-order valence-electron chi connectivity index (χ1n) is 14.9. The van der Waals surface area contributed by atoms with Gasteiger partial charge in [0.05, 0.1) is 49.9 Å². The molecule has 2 saturated heterocycles. The van der Waals surface area contributed by atoms with Gasteiger partial charge in [0.1, 0.15) is 12.0 Å². The van der Waals surface area contributed by atoms with Gasteiger partial charge in [0.25, 0.3) is 0 Å². The second-order valence-electron chi connectivity index (χ2n) is 11.3. The van der Waals surface area contributed by atoms with Crippen molar-refractivity contribution >= 4 is 17.0 Å². The molecule has 4 atom stereocenters. The highest BCUT2D eigenvalue weighted by atomic mass is 16.5. The van der Waals surface area contributed by atoms with Crippen LogP contribution in [0.2, 0.25) is 0 Å². The van der Waals surface area contributed by atoms with Crippen molar-refractivity contribution in [1.29, 1.82) is 10.5 Å². The lowest BCUT2D eigenvalue weighted by atomic mass is 9.81. The molecule has 0 spiro atoms. The lowest BCUT2D eigenvalue weighted by Gasteiger charge is -2.31. The van der Waals surface area contributed by atoms with Crippen molar-refractivity contribution in [2.45, 2.75) is 57.0 Å². The maximum absolute atomic E-state index is 10.2. The van der Waals surface area contributed by atoms with Gasteiger partial charge in [-0.25, -0.2) is 0 Å². The third-order valence-corrected chi connectivity index (χ3v) is 8.62. The molecule has 0 radical (unpaired) electrons. The van der Waals surface area contributed by atoms with Gasteiger partial charge in [-0.15, -0.1) is 0 Å². The SMILES string of the molecule is C=C/C=C(\CCCN1CCOCC1)c1cc2c([nH]1)NCC=C2C1=CC[C@H](O[C@H]2CCN([C@@H](O)CC#N)C2)C(C#N)C1. The van der Waals surface area contributed by atoms with Gasteiger partial charge < -0.3 is 24.9 Å². The van der Waals surface area contributed by atoms with Crippen LogP contribution in [-0.4, -0.2) is 90.8 Å². The number of aromatic nitrogens is 1. The van der Waals surface area contributed by atoms with E-state index < -0.39 is 6.23 Å². The Morgan fingerprint density at radius 3 is 2.90 bits per heavy atom. The van der Waals surface area contributed by atoms with E-state index in [9.17, 15) is 10.4 Å². The number of aliphatic hydroxyl groups excluding tert-OH is 1. The number of morpholine rings is 1. The first-order chi connectivity index (χ1) is 20.1.